The number of nitrogens with zero attached hydrogens (tertiary/aromatic N) is 1. The van der Waals surface area contributed by atoms with Crippen molar-refractivity contribution in [1.82, 2.24) is 5.16 Å². The molecule has 2 aromatic rings. The number of carbonyl (C=O) groups is 1. The fourth-order valence-corrected chi connectivity index (χ4v) is 1.58. The molecular formula is C11H7BrClNO2. The Morgan fingerprint density at radius 2 is 2.06 bits per heavy atom. The lowest BCUT2D eigenvalue weighted by molar-refractivity contribution is -0.107. The standard InChI is InChI=1S/C11H7BrClNO2/c12-9(6-15)11-5-10(14-16-11)7-1-3-8(13)4-2-7/h1-6,9H. The fourth-order valence-electron chi connectivity index (χ4n) is 1.24. The van der Waals surface area contributed by atoms with Gasteiger partial charge in [-0.05, 0) is 12.1 Å². The maximum absolute atomic E-state index is 10.5. The van der Waals surface area contributed by atoms with E-state index in [1.165, 1.54) is 0 Å². The maximum Gasteiger partial charge on any atom is 0.158 e. The largest absolute Gasteiger partial charge is 0.359 e. The zero-order chi connectivity index (χ0) is 11.5. The lowest BCUT2D eigenvalue weighted by Crippen LogP contribution is -1.85. The van der Waals surface area contributed by atoms with E-state index < -0.39 is 4.83 Å². The van der Waals surface area contributed by atoms with Crippen LogP contribution >= 0.6 is 27.5 Å². The normalized spacial score (nSPS) is 12.4. The number of aldehydes is 1. The number of benzene rings is 1. The molecule has 0 saturated heterocycles. The minimum absolute atomic E-state index is 0.457. The van der Waals surface area contributed by atoms with Crippen molar-refractivity contribution in [1.29, 1.82) is 0 Å². The Morgan fingerprint density at radius 1 is 1.38 bits per heavy atom. The van der Waals surface area contributed by atoms with Gasteiger partial charge in [0.15, 0.2) is 5.76 Å². The molecule has 16 heavy (non-hydrogen) atoms. The topological polar surface area (TPSA) is 43.1 Å². The molecule has 0 aliphatic carbocycles. The van der Waals surface area contributed by atoms with Crippen LogP contribution in [0.2, 0.25) is 5.02 Å². The van der Waals surface area contributed by atoms with Crippen LogP contribution in [0.1, 0.15) is 10.6 Å². The smallest absolute Gasteiger partial charge is 0.158 e. The second kappa shape index (κ2) is 4.80. The van der Waals surface area contributed by atoms with Crippen molar-refractivity contribution in [2.24, 2.45) is 0 Å². The Kier molecular flexibility index (Phi) is 3.41. The number of hydrogen-bond acceptors (Lipinski definition) is 3. The predicted octanol–water partition coefficient (Wildman–Crippen LogP) is 3.63. The van der Waals surface area contributed by atoms with Crippen LogP contribution in [-0.4, -0.2) is 11.4 Å². The summed E-state index contributed by atoms with van der Waals surface area (Å²) in [6.45, 7) is 0. The van der Waals surface area contributed by atoms with Gasteiger partial charge in [0.2, 0.25) is 0 Å². The van der Waals surface area contributed by atoms with Crippen LogP contribution in [0.4, 0.5) is 0 Å². The van der Waals surface area contributed by atoms with E-state index in [9.17, 15) is 4.79 Å². The van der Waals surface area contributed by atoms with Crippen LogP contribution < -0.4 is 0 Å². The summed E-state index contributed by atoms with van der Waals surface area (Å²) >= 11 is 8.94. The molecule has 5 heteroatoms. The van der Waals surface area contributed by atoms with Crippen molar-refractivity contribution in [3.05, 3.63) is 41.1 Å². The van der Waals surface area contributed by atoms with Gasteiger partial charge in [-0.1, -0.05) is 44.8 Å². The van der Waals surface area contributed by atoms with Crippen molar-refractivity contribution in [2.75, 3.05) is 0 Å². The van der Waals surface area contributed by atoms with E-state index in [-0.39, 0.29) is 0 Å². The molecule has 0 aliphatic heterocycles. The van der Waals surface area contributed by atoms with Crippen LogP contribution in [0.3, 0.4) is 0 Å². The number of carbonyl (C=O) groups excluding carboxylic acids is 1. The Balaban J connectivity index is 2.31. The molecule has 0 radical (unpaired) electrons. The van der Waals surface area contributed by atoms with Crippen LogP contribution in [0, 0.1) is 0 Å². The molecule has 1 heterocycles. The quantitative estimate of drug-likeness (QED) is 0.642. The van der Waals surface area contributed by atoms with E-state index in [0.717, 1.165) is 11.8 Å². The molecule has 3 nitrogen and oxygen atoms in total. The second-order valence-electron chi connectivity index (χ2n) is 3.16. The van der Waals surface area contributed by atoms with Crippen molar-refractivity contribution in [3.63, 3.8) is 0 Å². The summed E-state index contributed by atoms with van der Waals surface area (Å²) in [5.74, 6) is 0.486. The van der Waals surface area contributed by atoms with Crippen LogP contribution in [0.15, 0.2) is 34.9 Å². The van der Waals surface area contributed by atoms with E-state index in [1.54, 1.807) is 18.2 Å². The number of aromatic nitrogens is 1. The van der Waals surface area contributed by atoms with Crippen molar-refractivity contribution in [3.8, 4) is 11.3 Å². The average Bonchev–Trinajstić information content (AvgIpc) is 2.78. The molecular weight excluding hydrogens is 293 g/mol. The van der Waals surface area contributed by atoms with Crippen molar-refractivity contribution in [2.45, 2.75) is 4.83 Å². The predicted molar refractivity (Wildman–Crippen MR) is 64.7 cm³/mol. The summed E-state index contributed by atoms with van der Waals surface area (Å²) in [6.07, 6.45) is 0.742. The first-order valence-electron chi connectivity index (χ1n) is 4.52. The molecule has 1 aromatic carbocycles. The monoisotopic (exact) mass is 299 g/mol. The van der Waals surface area contributed by atoms with E-state index in [1.807, 2.05) is 12.1 Å². The Hall–Kier alpha value is -1.13. The summed E-state index contributed by atoms with van der Waals surface area (Å²) < 4.78 is 5.04. The highest BCUT2D eigenvalue weighted by Gasteiger charge is 2.13. The van der Waals surface area contributed by atoms with Gasteiger partial charge in [-0.3, -0.25) is 0 Å². The molecule has 0 amide bonds. The highest BCUT2D eigenvalue weighted by atomic mass is 79.9. The van der Waals surface area contributed by atoms with Crippen LogP contribution in [0.25, 0.3) is 11.3 Å². The molecule has 1 unspecified atom stereocenters. The highest BCUT2D eigenvalue weighted by molar-refractivity contribution is 9.09. The first-order valence-corrected chi connectivity index (χ1v) is 5.82. The lowest BCUT2D eigenvalue weighted by Gasteiger charge is -1.94. The summed E-state index contributed by atoms with van der Waals surface area (Å²) in [7, 11) is 0. The van der Waals surface area contributed by atoms with Gasteiger partial charge in [0, 0.05) is 16.7 Å². The molecule has 82 valence electrons. The maximum atomic E-state index is 10.5. The molecule has 2 rings (SSSR count). The zero-order valence-corrected chi connectivity index (χ0v) is 10.4. The van der Waals surface area contributed by atoms with Crippen LogP contribution in [0.5, 0.6) is 0 Å². The summed E-state index contributed by atoms with van der Waals surface area (Å²) in [4.78, 5) is 10.1. The SMILES string of the molecule is O=CC(Br)c1cc(-c2ccc(Cl)cc2)no1. The first-order chi connectivity index (χ1) is 7.70. The van der Waals surface area contributed by atoms with Gasteiger partial charge in [-0.15, -0.1) is 0 Å². The highest BCUT2D eigenvalue weighted by Crippen LogP contribution is 2.26. The van der Waals surface area contributed by atoms with Gasteiger partial charge in [-0.25, -0.2) is 0 Å². The van der Waals surface area contributed by atoms with Gasteiger partial charge < -0.3 is 9.32 Å². The van der Waals surface area contributed by atoms with Crippen molar-refractivity contribution >= 4 is 33.8 Å². The molecule has 0 fully saturated rings. The third-order valence-electron chi connectivity index (χ3n) is 2.06. The molecule has 0 aliphatic rings. The van der Waals surface area contributed by atoms with Gasteiger partial charge in [0.05, 0.1) is 0 Å². The first kappa shape index (κ1) is 11.4. The van der Waals surface area contributed by atoms with E-state index >= 15 is 0 Å². The van der Waals surface area contributed by atoms with Gasteiger partial charge in [0.1, 0.15) is 16.8 Å². The number of alkyl halides is 1. The Labute approximate surface area is 106 Å². The fraction of sp³-hybridized carbons (Fsp3) is 0.0909. The van der Waals surface area contributed by atoms with Crippen molar-refractivity contribution < 1.29 is 9.32 Å². The van der Waals surface area contributed by atoms with Gasteiger partial charge >= 0.3 is 0 Å². The van der Waals surface area contributed by atoms with E-state index in [2.05, 4.69) is 21.1 Å². The molecule has 0 spiro atoms. The summed E-state index contributed by atoms with van der Waals surface area (Å²) in [6, 6.07) is 8.95. The average molecular weight is 301 g/mol. The Bertz CT molecular complexity index is 495. The number of halogens is 2. The van der Waals surface area contributed by atoms with E-state index in [4.69, 9.17) is 16.1 Å². The lowest BCUT2D eigenvalue weighted by atomic mass is 10.1. The van der Waals surface area contributed by atoms with E-state index in [0.29, 0.717) is 16.5 Å². The minimum atomic E-state index is -0.457. The Morgan fingerprint density at radius 3 is 2.69 bits per heavy atom. The van der Waals surface area contributed by atoms with Gasteiger partial charge in [-0.2, -0.15) is 0 Å². The number of rotatable bonds is 3. The minimum Gasteiger partial charge on any atom is -0.359 e. The molecule has 1 aromatic heterocycles. The summed E-state index contributed by atoms with van der Waals surface area (Å²) in [5.41, 5.74) is 1.57. The second-order valence-corrected chi connectivity index (χ2v) is 4.58. The molecule has 0 bridgehead atoms. The zero-order valence-electron chi connectivity index (χ0n) is 8.06. The third kappa shape index (κ3) is 2.33. The number of hydrogen-bond donors (Lipinski definition) is 0. The molecule has 0 saturated carbocycles. The molecule has 0 N–H and O–H groups in total. The van der Waals surface area contributed by atoms with Gasteiger partial charge in [0.25, 0.3) is 0 Å². The molecule has 1 atom stereocenters. The third-order valence-corrected chi connectivity index (χ3v) is 2.98. The summed E-state index contributed by atoms with van der Waals surface area (Å²) in [5, 5.41) is 4.54. The van der Waals surface area contributed by atoms with Crippen LogP contribution in [-0.2, 0) is 4.79 Å².